The predicted molar refractivity (Wildman–Crippen MR) is 293 cm³/mol. The molecule has 0 fully saturated rings. The van der Waals surface area contributed by atoms with Crippen molar-refractivity contribution in [1.29, 1.82) is 0 Å². The van der Waals surface area contributed by atoms with E-state index >= 15 is 0 Å². The van der Waals surface area contributed by atoms with Crippen molar-refractivity contribution in [2.45, 2.75) is 60.8 Å². The first-order valence-electron chi connectivity index (χ1n) is 24.4. The largest absolute Gasteiger partial charge is 0.310 e. The molecule has 10 aromatic carbocycles. The molecule has 0 unspecified atom stereocenters. The quantitative estimate of drug-likeness (QED) is 0.164. The normalized spacial score (nSPS) is 12.8. The minimum absolute atomic E-state index is 0.734. The van der Waals surface area contributed by atoms with Crippen molar-refractivity contribution in [3.8, 4) is 33.4 Å². The Morgan fingerprint density at radius 3 is 0.971 bits per heavy atom. The van der Waals surface area contributed by atoms with E-state index in [1.165, 1.54) is 111 Å². The molecule has 2 aliphatic carbocycles. The highest BCUT2D eigenvalue weighted by atomic mass is 15.1. The van der Waals surface area contributed by atoms with Crippen LogP contribution >= 0.6 is 0 Å². The van der Waals surface area contributed by atoms with Crippen molar-refractivity contribution in [1.82, 2.24) is 0 Å². The molecule has 334 valence electrons. The molecular formula is C67H56N2. The number of hydrogen-bond acceptors (Lipinski definition) is 2. The van der Waals surface area contributed by atoms with Crippen LogP contribution in [0.3, 0.4) is 0 Å². The maximum Gasteiger partial charge on any atom is 0.0727 e. The van der Waals surface area contributed by atoms with Gasteiger partial charge in [0.2, 0.25) is 0 Å². The Bertz CT molecular complexity index is 3460. The van der Waals surface area contributed by atoms with Crippen LogP contribution in [0.15, 0.2) is 194 Å². The van der Waals surface area contributed by atoms with Gasteiger partial charge in [0, 0.05) is 34.1 Å². The summed E-state index contributed by atoms with van der Waals surface area (Å²) < 4.78 is 0. The molecule has 69 heavy (non-hydrogen) atoms. The third-order valence-electron chi connectivity index (χ3n) is 15.7. The van der Waals surface area contributed by atoms with E-state index in [9.17, 15) is 0 Å². The smallest absolute Gasteiger partial charge is 0.0727 e. The molecule has 0 bridgehead atoms. The van der Waals surface area contributed by atoms with E-state index in [0.29, 0.717) is 0 Å². The Hall–Kier alpha value is -7.94. The average molecular weight is 889 g/mol. The molecule has 0 atom stereocenters. The summed E-state index contributed by atoms with van der Waals surface area (Å²) in [5, 5.41) is 2.48. The summed E-state index contributed by atoms with van der Waals surface area (Å²) in [7, 11) is 0. The van der Waals surface area contributed by atoms with E-state index in [4.69, 9.17) is 0 Å². The van der Waals surface area contributed by atoms with Crippen LogP contribution in [0.1, 0.15) is 66.8 Å². The molecule has 10 aromatic rings. The molecule has 0 amide bonds. The molecule has 0 N–H and O–H groups in total. The van der Waals surface area contributed by atoms with Crippen LogP contribution in [-0.4, -0.2) is 0 Å². The Balaban J connectivity index is 1.24. The molecule has 0 aliphatic heterocycles. The standard InChI is InChI=1S/C67H56N2/c1-41-21-25-51(33-45(41)5)68(52-26-22-42(2)46(6)34-52)55-29-31-60-57-17-11-12-18-58(57)61-32-30-56(69(53-27-23-43(3)47(7)35-53)54-28-24-44(4)48(8)36-54)40-66(61)67(65(60)39-55)63-20-14-13-19-59(63)62-37-49-15-9-10-16-50(49)38-64(62)67/h9-40H,1-8H3. The second kappa shape index (κ2) is 16.1. The van der Waals surface area contributed by atoms with Gasteiger partial charge in [-0.1, -0.05) is 109 Å². The minimum Gasteiger partial charge on any atom is -0.310 e. The van der Waals surface area contributed by atoms with Crippen LogP contribution in [0, 0.1) is 55.4 Å². The van der Waals surface area contributed by atoms with Gasteiger partial charge in [-0.05, 0) is 251 Å². The summed E-state index contributed by atoms with van der Waals surface area (Å²) in [5.41, 5.74) is 28.9. The fourth-order valence-corrected chi connectivity index (χ4v) is 11.4. The molecule has 0 radical (unpaired) electrons. The van der Waals surface area contributed by atoms with Gasteiger partial charge in [-0.15, -0.1) is 0 Å². The lowest BCUT2D eigenvalue weighted by atomic mass is 9.65. The number of anilines is 6. The summed E-state index contributed by atoms with van der Waals surface area (Å²) in [6.07, 6.45) is 0. The second-order valence-electron chi connectivity index (χ2n) is 19.8. The average Bonchev–Trinajstić information content (AvgIpc) is 3.59. The molecule has 2 nitrogen and oxygen atoms in total. The summed E-state index contributed by atoms with van der Waals surface area (Å²) in [5.74, 6) is 0. The number of nitrogens with zero attached hydrogens (tertiary/aromatic N) is 2. The molecule has 2 aliphatic rings. The molecule has 0 heterocycles. The van der Waals surface area contributed by atoms with Gasteiger partial charge in [0.15, 0.2) is 0 Å². The maximum absolute atomic E-state index is 2.55. The number of hydrogen-bond donors (Lipinski definition) is 0. The van der Waals surface area contributed by atoms with Crippen molar-refractivity contribution < 1.29 is 0 Å². The van der Waals surface area contributed by atoms with E-state index in [2.05, 4.69) is 259 Å². The van der Waals surface area contributed by atoms with Gasteiger partial charge >= 0.3 is 0 Å². The maximum atomic E-state index is 2.55. The van der Waals surface area contributed by atoms with Crippen LogP contribution in [0.5, 0.6) is 0 Å². The highest BCUT2D eigenvalue weighted by molar-refractivity contribution is 6.02. The van der Waals surface area contributed by atoms with Gasteiger partial charge in [0.25, 0.3) is 0 Å². The van der Waals surface area contributed by atoms with Crippen LogP contribution in [0.2, 0.25) is 0 Å². The van der Waals surface area contributed by atoms with Crippen LogP contribution in [0.4, 0.5) is 34.1 Å². The number of aryl methyl sites for hydroxylation is 8. The van der Waals surface area contributed by atoms with Crippen molar-refractivity contribution in [2.24, 2.45) is 0 Å². The first kappa shape index (κ1) is 42.4. The van der Waals surface area contributed by atoms with E-state index in [1.807, 2.05) is 0 Å². The van der Waals surface area contributed by atoms with Crippen molar-refractivity contribution in [3.05, 3.63) is 261 Å². The molecule has 12 rings (SSSR count). The minimum atomic E-state index is -0.734. The number of benzene rings is 10. The van der Waals surface area contributed by atoms with E-state index < -0.39 is 5.41 Å². The van der Waals surface area contributed by atoms with Gasteiger partial charge in [-0.2, -0.15) is 0 Å². The molecular weight excluding hydrogens is 833 g/mol. The third kappa shape index (κ3) is 6.61. The lowest BCUT2D eigenvalue weighted by Crippen LogP contribution is -2.30. The van der Waals surface area contributed by atoms with Crippen LogP contribution in [0.25, 0.3) is 44.2 Å². The molecule has 1 spiro atoms. The molecule has 0 aromatic heterocycles. The van der Waals surface area contributed by atoms with Crippen LogP contribution < -0.4 is 9.80 Å². The monoisotopic (exact) mass is 888 g/mol. The fourth-order valence-electron chi connectivity index (χ4n) is 11.4. The SMILES string of the molecule is Cc1ccc(N(c2ccc(C)c(C)c2)c2ccc3c(c2)C2(c4cc(N(c5ccc(C)c(C)c5)c5ccc(C)c(C)c5)ccc4-c4ccccc4-3)c3ccccc3-c3cc4ccccc4cc32)cc1C. The van der Waals surface area contributed by atoms with Gasteiger partial charge in [-0.3, -0.25) is 0 Å². The predicted octanol–water partition coefficient (Wildman–Crippen LogP) is 18.3. The first-order chi connectivity index (χ1) is 33.5. The lowest BCUT2D eigenvalue weighted by molar-refractivity contribution is 0.776. The zero-order chi connectivity index (χ0) is 47.3. The first-order valence-corrected chi connectivity index (χ1v) is 24.4. The zero-order valence-electron chi connectivity index (χ0n) is 40.9. The van der Waals surface area contributed by atoms with Gasteiger partial charge in [0.1, 0.15) is 0 Å². The van der Waals surface area contributed by atoms with E-state index in [-0.39, 0.29) is 0 Å². The Labute approximate surface area is 407 Å². The Kier molecular flexibility index (Phi) is 9.90. The van der Waals surface area contributed by atoms with Crippen molar-refractivity contribution >= 4 is 44.9 Å². The van der Waals surface area contributed by atoms with Crippen molar-refractivity contribution in [2.75, 3.05) is 9.80 Å². The zero-order valence-corrected chi connectivity index (χ0v) is 40.9. The summed E-state index contributed by atoms with van der Waals surface area (Å²) in [4.78, 5) is 4.95. The van der Waals surface area contributed by atoms with Crippen molar-refractivity contribution in [3.63, 3.8) is 0 Å². The third-order valence-corrected chi connectivity index (χ3v) is 15.7. The topological polar surface area (TPSA) is 6.48 Å². The van der Waals surface area contributed by atoms with Gasteiger partial charge in [0.05, 0.1) is 5.41 Å². The Morgan fingerprint density at radius 2 is 0.551 bits per heavy atom. The highest BCUT2D eigenvalue weighted by Gasteiger charge is 2.50. The summed E-state index contributed by atoms with van der Waals surface area (Å²) in [6.45, 7) is 17.7. The van der Waals surface area contributed by atoms with Gasteiger partial charge in [-0.25, -0.2) is 0 Å². The molecule has 2 heteroatoms. The lowest BCUT2D eigenvalue weighted by Gasteiger charge is -2.37. The van der Waals surface area contributed by atoms with Gasteiger partial charge < -0.3 is 9.80 Å². The summed E-state index contributed by atoms with van der Waals surface area (Å²) >= 11 is 0. The Morgan fingerprint density at radius 1 is 0.232 bits per heavy atom. The number of rotatable bonds is 6. The van der Waals surface area contributed by atoms with E-state index in [1.54, 1.807) is 0 Å². The number of fused-ring (bicyclic) bond motifs is 13. The van der Waals surface area contributed by atoms with Crippen LogP contribution in [-0.2, 0) is 5.41 Å². The fraction of sp³-hybridized carbons (Fsp3) is 0.134. The molecule has 0 saturated heterocycles. The molecule has 0 saturated carbocycles. The van der Waals surface area contributed by atoms with E-state index in [0.717, 1.165) is 34.1 Å². The highest BCUT2D eigenvalue weighted by Crippen LogP contribution is 2.63. The summed E-state index contributed by atoms with van der Waals surface area (Å²) in [6, 6.07) is 74.5. The second-order valence-corrected chi connectivity index (χ2v) is 19.8.